The molecule has 1 fully saturated rings. The molecule has 0 aliphatic carbocycles. The van der Waals surface area contributed by atoms with Gasteiger partial charge in [0.15, 0.2) is 0 Å². The van der Waals surface area contributed by atoms with E-state index in [1.165, 1.54) is 0 Å². The van der Waals surface area contributed by atoms with Gasteiger partial charge in [-0.1, -0.05) is 28.9 Å². The van der Waals surface area contributed by atoms with E-state index < -0.39 is 12.0 Å². The number of halogens is 1. The lowest BCUT2D eigenvalue weighted by Gasteiger charge is -2.18. The van der Waals surface area contributed by atoms with E-state index in [4.69, 9.17) is 9.63 Å². The fraction of sp³-hybridized carbons (Fsp3) is 0.400. The van der Waals surface area contributed by atoms with Crippen molar-refractivity contribution in [1.29, 1.82) is 0 Å². The van der Waals surface area contributed by atoms with Crippen LogP contribution in [-0.4, -0.2) is 38.7 Å². The van der Waals surface area contributed by atoms with Gasteiger partial charge in [0.25, 0.3) is 0 Å². The van der Waals surface area contributed by atoms with Crippen LogP contribution in [0.3, 0.4) is 0 Å². The van der Waals surface area contributed by atoms with Crippen LogP contribution in [0, 0.1) is 6.92 Å². The maximum absolute atomic E-state index is 11.2. The quantitative estimate of drug-likeness (QED) is 0.931. The normalized spacial score (nSPS) is 18.1. The van der Waals surface area contributed by atoms with Crippen LogP contribution in [0.1, 0.15) is 24.3 Å². The predicted octanol–water partition coefficient (Wildman–Crippen LogP) is 2.52. The van der Waals surface area contributed by atoms with Crippen LogP contribution < -0.4 is 0 Å². The maximum Gasteiger partial charge on any atom is 0.320 e. The summed E-state index contributed by atoms with van der Waals surface area (Å²) < 4.78 is 5.25. The molecule has 3 rings (SSSR count). The van der Waals surface area contributed by atoms with E-state index in [1.54, 1.807) is 0 Å². The van der Waals surface area contributed by atoms with Gasteiger partial charge in [0.05, 0.1) is 6.54 Å². The van der Waals surface area contributed by atoms with Crippen LogP contribution in [0.2, 0.25) is 0 Å². The number of nitrogens with zero attached hydrogens (tertiary/aromatic N) is 3. The average Bonchev–Trinajstić information content (AvgIpc) is 3.08. The van der Waals surface area contributed by atoms with Gasteiger partial charge in [-0.2, -0.15) is 4.98 Å². The Morgan fingerprint density at radius 1 is 1.50 bits per heavy atom. The summed E-state index contributed by atoms with van der Waals surface area (Å²) in [4.78, 5) is 17.4. The van der Waals surface area contributed by atoms with Crippen LogP contribution >= 0.6 is 12.4 Å². The van der Waals surface area contributed by atoms with Crippen molar-refractivity contribution in [3.05, 3.63) is 35.7 Å². The number of aliphatic carboxylic acids is 1. The smallest absolute Gasteiger partial charge is 0.320 e. The van der Waals surface area contributed by atoms with E-state index >= 15 is 0 Å². The molecule has 7 heteroatoms. The largest absolute Gasteiger partial charge is 0.480 e. The first-order valence-electron chi connectivity index (χ1n) is 7.00. The number of carboxylic acids is 1. The zero-order valence-electron chi connectivity index (χ0n) is 12.2. The average molecular weight is 324 g/mol. The molecule has 0 bridgehead atoms. The van der Waals surface area contributed by atoms with Crippen molar-refractivity contribution in [3.8, 4) is 11.4 Å². The van der Waals surface area contributed by atoms with E-state index in [1.807, 2.05) is 36.1 Å². The van der Waals surface area contributed by atoms with E-state index in [9.17, 15) is 4.79 Å². The van der Waals surface area contributed by atoms with Gasteiger partial charge in [0.1, 0.15) is 6.04 Å². The summed E-state index contributed by atoms with van der Waals surface area (Å²) in [5.41, 5.74) is 2.03. The lowest BCUT2D eigenvalue weighted by atomic mass is 10.1. The highest BCUT2D eigenvalue weighted by Crippen LogP contribution is 2.21. The number of carboxylic acid groups (broad SMARTS) is 1. The molecule has 2 heterocycles. The molecule has 0 radical (unpaired) electrons. The number of carbonyl (C=O) groups is 1. The van der Waals surface area contributed by atoms with Crippen molar-refractivity contribution in [2.45, 2.75) is 32.4 Å². The number of rotatable bonds is 4. The van der Waals surface area contributed by atoms with Gasteiger partial charge in [0, 0.05) is 5.56 Å². The highest BCUT2D eigenvalue weighted by atomic mass is 35.5. The molecule has 0 saturated carbocycles. The molecule has 0 unspecified atom stereocenters. The fourth-order valence-corrected chi connectivity index (χ4v) is 2.69. The third-order valence-corrected chi connectivity index (χ3v) is 3.73. The molecule has 0 amide bonds. The molecule has 1 aliphatic rings. The molecule has 1 aliphatic heterocycles. The zero-order chi connectivity index (χ0) is 14.8. The van der Waals surface area contributed by atoms with Gasteiger partial charge in [-0.05, 0) is 32.4 Å². The van der Waals surface area contributed by atoms with Gasteiger partial charge in [-0.15, -0.1) is 12.4 Å². The monoisotopic (exact) mass is 323 g/mol. The molecule has 6 nitrogen and oxygen atoms in total. The number of hydrogen-bond acceptors (Lipinski definition) is 5. The molecule has 118 valence electrons. The molecule has 1 aromatic carbocycles. The molecular formula is C15H18ClN3O3. The first-order chi connectivity index (χ1) is 10.1. The van der Waals surface area contributed by atoms with Crippen molar-refractivity contribution >= 4 is 18.4 Å². The van der Waals surface area contributed by atoms with Gasteiger partial charge in [-0.25, -0.2) is 0 Å². The van der Waals surface area contributed by atoms with Gasteiger partial charge in [0.2, 0.25) is 11.7 Å². The third-order valence-electron chi connectivity index (χ3n) is 3.73. The van der Waals surface area contributed by atoms with Crippen LogP contribution in [0.15, 0.2) is 28.8 Å². The van der Waals surface area contributed by atoms with Gasteiger partial charge >= 0.3 is 5.97 Å². The Morgan fingerprint density at radius 3 is 3.05 bits per heavy atom. The minimum atomic E-state index is -0.786. The maximum atomic E-state index is 11.2. The summed E-state index contributed by atoms with van der Waals surface area (Å²) in [5.74, 6) is 0.213. The predicted molar refractivity (Wildman–Crippen MR) is 82.8 cm³/mol. The van der Waals surface area contributed by atoms with Crippen LogP contribution in [0.4, 0.5) is 0 Å². The molecule has 22 heavy (non-hydrogen) atoms. The fourth-order valence-electron chi connectivity index (χ4n) is 2.69. The molecule has 2 aromatic rings. The Morgan fingerprint density at radius 2 is 2.32 bits per heavy atom. The van der Waals surface area contributed by atoms with Crippen molar-refractivity contribution in [1.82, 2.24) is 15.0 Å². The van der Waals surface area contributed by atoms with Gasteiger partial charge in [-0.3, -0.25) is 9.69 Å². The van der Waals surface area contributed by atoms with Crippen molar-refractivity contribution in [2.75, 3.05) is 6.54 Å². The summed E-state index contributed by atoms with van der Waals surface area (Å²) >= 11 is 0. The summed E-state index contributed by atoms with van der Waals surface area (Å²) in [6.07, 6.45) is 1.56. The SMILES string of the molecule is Cc1cccc(-c2noc(CN3CCC[C@@H]3C(=O)O)n2)c1.Cl. The van der Waals surface area contributed by atoms with Crippen molar-refractivity contribution in [3.63, 3.8) is 0 Å². The highest BCUT2D eigenvalue weighted by molar-refractivity contribution is 5.85. The molecular weight excluding hydrogens is 306 g/mol. The number of aromatic nitrogens is 2. The van der Waals surface area contributed by atoms with E-state index in [0.717, 1.165) is 24.1 Å². The lowest BCUT2D eigenvalue weighted by Crippen LogP contribution is -2.35. The second-order valence-electron chi connectivity index (χ2n) is 5.35. The standard InChI is InChI=1S/C15H17N3O3.ClH/c1-10-4-2-5-11(8-10)14-16-13(21-17-14)9-18-7-3-6-12(18)15(19)20;/h2,4-5,8,12H,3,6-7,9H2,1H3,(H,19,20);1H/t12-;/m1./s1. The third kappa shape index (κ3) is 3.45. The molecule has 1 aromatic heterocycles. The molecule has 1 atom stereocenters. The summed E-state index contributed by atoms with van der Waals surface area (Å²) in [7, 11) is 0. The Balaban J connectivity index is 0.00000176. The van der Waals surface area contributed by atoms with E-state index in [2.05, 4.69) is 10.1 Å². The number of aryl methyl sites for hydroxylation is 1. The number of hydrogen-bond donors (Lipinski definition) is 1. The Labute approximate surface area is 134 Å². The zero-order valence-corrected chi connectivity index (χ0v) is 13.0. The van der Waals surface area contributed by atoms with Crippen LogP contribution in [-0.2, 0) is 11.3 Å². The minimum Gasteiger partial charge on any atom is -0.480 e. The summed E-state index contributed by atoms with van der Waals surface area (Å²) in [6.45, 7) is 3.14. The first-order valence-corrected chi connectivity index (χ1v) is 7.00. The van der Waals surface area contributed by atoms with Crippen molar-refractivity contribution < 1.29 is 14.4 Å². The second kappa shape index (κ2) is 6.89. The van der Waals surface area contributed by atoms with E-state index in [-0.39, 0.29) is 12.4 Å². The van der Waals surface area contributed by atoms with Crippen molar-refractivity contribution in [2.24, 2.45) is 0 Å². The molecule has 1 N–H and O–H groups in total. The topological polar surface area (TPSA) is 79.5 Å². The number of likely N-dealkylation sites (tertiary alicyclic amines) is 1. The summed E-state index contributed by atoms with van der Waals surface area (Å²) in [6, 6.07) is 7.43. The minimum absolute atomic E-state index is 0. The van der Waals surface area contributed by atoms with Crippen LogP contribution in [0.25, 0.3) is 11.4 Å². The van der Waals surface area contributed by atoms with Gasteiger partial charge < -0.3 is 9.63 Å². The Kier molecular flexibility index (Phi) is 5.15. The first kappa shape index (κ1) is 16.5. The lowest BCUT2D eigenvalue weighted by molar-refractivity contribution is -0.142. The Hall–Kier alpha value is -1.92. The highest BCUT2D eigenvalue weighted by Gasteiger charge is 2.31. The summed E-state index contributed by atoms with van der Waals surface area (Å²) in [5, 5.41) is 13.1. The molecule has 1 saturated heterocycles. The second-order valence-corrected chi connectivity index (χ2v) is 5.35. The number of benzene rings is 1. The Bertz CT molecular complexity index is 659. The van der Waals surface area contributed by atoms with E-state index in [0.29, 0.717) is 24.7 Å². The molecule has 0 spiro atoms. The van der Waals surface area contributed by atoms with Crippen LogP contribution in [0.5, 0.6) is 0 Å².